The molecule has 1 unspecified atom stereocenters. The van der Waals surface area contributed by atoms with Crippen LogP contribution < -0.4 is 0 Å². The number of hydrogen-bond acceptors (Lipinski definition) is 3. The van der Waals surface area contributed by atoms with Gasteiger partial charge in [0.25, 0.3) is 0 Å². The quantitative estimate of drug-likeness (QED) is 0.476. The Morgan fingerprint density at radius 2 is 2.21 bits per heavy atom. The number of likely N-dealkylation sites (tertiary alicyclic amines) is 1. The maximum absolute atomic E-state index is 11.9. The minimum atomic E-state index is -0.355. The van der Waals surface area contributed by atoms with Gasteiger partial charge in [-0.15, -0.1) is 0 Å². The van der Waals surface area contributed by atoms with Crippen molar-refractivity contribution in [3.05, 3.63) is 46.3 Å². The lowest BCUT2D eigenvalue weighted by Gasteiger charge is -2.15. The zero-order valence-electron chi connectivity index (χ0n) is 10.8. The molecule has 1 saturated heterocycles. The number of carbonyl (C=O) groups excluding carboxylic acids is 1. The molecule has 6 nitrogen and oxygen atoms in total. The summed E-state index contributed by atoms with van der Waals surface area (Å²) in [5.74, 6) is 0.167. The maximum atomic E-state index is 11.9. The number of azide groups is 1. The van der Waals surface area contributed by atoms with Gasteiger partial charge < -0.3 is 9.64 Å². The van der Waals surface area contributed by atoms with E-state index in [1.807, 2.05) is 37.3 Å². The molecule has 1 aliphatic heterocycles. The maximum Gasteiger partial charge on any atom is 0.410 e. The Bertz CT molecular complexity index is 485. The Kier molecular flexibility index (Phi) is 4.26. The van der Waals surface area contributed by atoms with Gasteiger partial charge in [0.1, 0.15) is 6.61 Å². The summed E-state index contributed by atoms with van der Waals surface area (Å²) in [5, 5.41) is 3.69. The van der Waals surface area contributed by atoms with Crippen LogP contribution in [-0.4, -0.2) is 30.1 Å². The van der Waals surface area contributed by atoms with Gasteiger partial charge in [-0.25, -0.2) is 4.79 Å². The van der Waals surface area contributed by atoms with Gasteiger partial charge in [-0.2, -0.15) is 0 Å². The van der Waals surface area contributed by atoms with Crippen molar-refractivity contribution in [1.29, 1.82) is 0 Å². The van der Waals surface area contributed by atoms with Crippen molar-refractivity contribution in [1.82, 2.24) is 4.90 Å². The number of benzene rings is 1. The smallest absolute Gasteiger partial charge is 0.410 e. The molecule has 6 heteroatoms. The van der Waals surface area contributed by atoms with Crippen molar-refractivity contribution in [2.24, 2.45) is 11.0 Å². The normalized spacial score (nSPS) is 21.8. The Balaban J connectivity index is 1.86. The highest BCUT2D eigenvalue weighted by Crippen LogP contribution is 2.20. The van der Waals surface area contributed by atoms with Crippen molar-refractivity contribution in [2.45, 2.75) is 19.6 Å². The van der Waals surface area contributed by atoms with Crippen LogP contribution in [-0.2, 0) is 11.3 Å². The van der Waals surface area contributed by atoms with E-state index in [0.29, 0.717) is 13.1 Å². The zero-order chi connectivity index (χ0) is 13.7. The second-order valence-electron chi connectivity index (χ2n) is 4.69. The van der Waals surface area contributed by atoms with Crippen LogP contribution in [0.2, 0.25) is 0 Å². The standard InChI is InChI=1S/C13H16N4O2/c1-10-7-17(8-12(10)15-16-14)13(18)19-9-11-5-3-2-4-6-11/h2-6,10,12H,7-9H2,1H3/t10-,12?/m0/s1. The zero-order valence-corrected chi connectivity index (χ0v) is 10.8. The van der Waals surface area contributed by atoms with Gasteiger partial charge in [-0.1, -0.05) is 42.4 Å². The monoisotopic (exact) mass is 260 g/mol. The molecule has 2 atom stereocenters. The van der Waals surface area contributed by atoms with Crippen LogP contribution in [0.5, 0.6) is 0 Å². The van der Waals surface area contributed by atoms with E-state index in [1.165, 1.54) is 0 Å². The number of carbonyl (C=O) groups is 1. The number of amides is 1. The predicted octanol–water partition coefficient (Wildman–Crippen LogP) is 2.95. The lowest BCUT2D eigenvalue weighted by molar-refractivity contribution is 0.103. The lowest BCUT2D eigenvalue weighted by Crippen LogP contribution is -2.29. The first-order valence-corrected chi connectivity index (χ1v) is 6.20. The summed E-state index contributed by atoms with van der Waals surface area (Å²) in [6, 6.07) is 9.37. The van der Waals surface area contributed by atoms with Gasteiger partial charge >= 0.3 is 6.09 Å². The summed E-state index contributed by atoms with van der Waals surface area (Å²) in [5.41, 5.74) is 9.40. The molecule has 0 N–H and O–H groups in total. The van der Waals surface area contributed by atoms with Gasteiger partial charge in [-0.05, 0) is 17.0 Å². The molecule has 1 amide bonds. The van der Waals surface area contributed by atoms with Gasteiger partial charge in [0, 0.05) is 18.0 Å². The molecule has 0 aliphatic carbocycles. The molecule has 0 saturated carbocycles. The van der Waals surface area contributed by atoms with E-state index < -0.39 is 0 Å². The van der Waals surface area contributed by atoms with E-state index in [1.54, 1.807) is 4.90 Å². The fraction of sp³-hybridized carbons (Fsp3) is 0.462. The number of nitrogens with zero attached hydrogens (tertiary/aromatic N) is 4. The van der Waals surface area contributed by atoms with Crippen LogP contribution in [0.3, 0.4) is 0 Å². The van der Waals surface area contributed by atoms with Crippen LogP contribution in [0.25, 0.3) is 10.4 Å². The Morgan fingerprint density at radius 1 is 1.47 bits per heavy atom. The van der Waals surface area contributed by atoms with Crippen molar-refractivity contribution < 1.29 is 9.53 Å². The van der Waals surface area contributed by atoms with E-state index in [9.17, 15) is 4.79 Å². The summed E-state index contributed by atoms with van der Waals surface area (Å²) in [6.45, 7) is 3.22. The molecule has 100 valence electrons. The molecule has 1 aliphatic rings. The Morgan fingerprint density at radius 3 is 2.89 bits per heavy atom. The molecule has 0 aromatic heterocycles. The summed E-state index contributed by atoms with van der Waals surface area (Å²) in [4.78, 5) is 16.3. The molecule has 1 heterocycles. The van der Waals surface area contributed by atoms with Crippen molar-refractivity contribution in [3.63, 3.8) is 0 Å². The number of ether oxygens (including phenoxy) is 1. The third-order valence-electron chi connectivity index (χ3n) is 3.24. The van der Waals surface area contributed by atoms with Crippen LogP contribution >= 0.6 is 0 Å². The summed E-state index contributed by atoms with van der Waals surface area (Å²) < 4.78 is 5.24. The summed E-state index contributed by atoms with van der Waals surface area (Å²) >= 11 is 0. The van der Waals surface area contributed by atoms with Gasteiger partial charge in [0.05, 0.1) is 6.04 Å². The molecule has 0 radical (unpaired) electrons. The first-order valence-electron chi connectivity index (χ1n) is 6.20. The summed E-state index contributed by atoms with van der Waals surface area (Å²) in [6.07, 6.45) is -0.355. The second kappa shape index (κ2) is 6.11. The minimum Gasteiger partial charge on any atom is -0.445 e. The van der Waals surface area contributed by atoms with Crippen LogP contribution in [0, 0.1) is 5.92 Å². The summed E-state index contributed by atoms with van der Waals surface area (Å²) in [7, 11) is 0. The number of hydrogen-bond donors (Lipinski definition) is 0. The van der Waals surface area contributed by atoms with E-state index >= 15 is 0 Å². The van der Waals surface area contributed by atoms with E-state index in [2.05, 4.69) is 10.0 Å². The SMILES string of the molecule is C[C@H]1CN(C(=O)OCc2ccccc2)CC1N=[N+]=[N-]. The molecule has 1 aromatic rings. The van der Waals surface area contributed by atoms with Gasteiger partial charge in [0.15, 0.2) is 0 Å². The van der Waals surface area contributed by atoms with E-state index in [0.717, 1.165) is 5.56 Å². The minimum absolute atomic E-state index is 0.158. The topological polar surface area (TPSA) is 78.3 Å². The highest BCUT2D eigenvalue weighted by molar-refractivity contribution is 5.68. The first kappa shape index (κ1) is 13.2. The fourth-order valence-corrected chi connectivity index (χ4v) is 2.13. The van der Waals surface area contributed by atoms with E-state index in [-0.39, 0.29) is 24.7 Å². The van der Waals surface area contributed by atoms with Crippen LogP contribution in [0.1, 0.15) is 12.5 Å². The average Bonchev–Trinajstić information content (AvgIpc) is 2.79. The number of rotatable bonds is 3. The second-order valence-corrected chi connectivity index (χ2v) is 4.69. The molecular formula is C13H16N4O2. The molecule has 2 rings (SSSR count). The molecule has 1 aromatic carbocycles. The molecule has 0 bridgehead atoms. The van der Waals surface area contributed by atoms with Crippen LogP contribution in [0.15, 0.2) is 35.4 Å². The first-order chi connectivity index (χ1) is 9.20. The van der Waals surface area contributed by atoms with Crippen molar-refractivity contribution >= 4 is 6.09 Å². The van der Waals surface area contributed by atoms with Gasteiger partial charge in [-0.3, -0.25) is 0 Å². The largest absolute Gasteiger partial charge is 0.445 e. The highest BCUT2D eigenvalue weighted by Gasteiger charge is 2.32. The Hall–Kier alpha value is -2.20. The highest BCUT2D eigenvalue weighted by atomic mass is 16.6. The van der Waals surface area contributed by atoms with E-state index in [4.69, 9.17) is 10.3 Å². The van der Waals surface area contributed by atoms with Crippen molar-refractivity contribution in [2.75, 3.05) is 13.1 Å². The third kappa shape index (κ3) is 3.39. The van der Waals surface area contributed by atoms with Gasteiger partial charge in [0.2, 0.25) is 0 Å². The fourth-order valence-electron chi connectivity index (χ4n) is 2.13. The predicted molar refractivity (Wildman–Crippen MR) is 70.3 cm³/mol. The molecular weight excluding hydrogens is 244 g/mol. The molecule has 19 heavy (non-hydrogen) atoms. The van der Waals surface area contributed by atoms with Crippen LogP contribution in [0.4, 0.5) is 4.79 Å². The molecule has 0 spiro atoms. The lowest BCUT2D eigenvalue weighted by atomic mass is 10.1. The third-order valence-corrected chi connectivity index (χ3v) is 3.24. The average molecular weight is 260 g/mol. The molecule has 1 fully saturated rings. The van der Waals surface area contributed by atoms with Crippen molar-refractivity contribution in [3.8, 4) is 0 Å². The Labute approximate surface area is 111 Å².